The van der Waals surface area contributed by atoms with Crippen LogP contribution in [0, 0.1) is 0 Å². The SMILES string of the molecule is CCNC(=O)C(CC)N(Cc1ccc(OC)cc1)C(=O)CSc1ccc(Cl)cc1. The average molecular weight is 435 g/mol. The fourth-order valence-electron chi connectivity index (χ4n) is 2.90. The molecule has 2 amide bonds. The summed E-state index contributed by atoms with van der Waals surface area (Å²) >= 11 is 7.36. The van der Waals surface area contributed by atoms with Gasteiger partial charge < -0.3 is 15.0 Å². The molecule has 0 aliphatic heterocycles. The molecule has 0 radical (unpaired) electrons. The smallest absolute Gasteiger partial charge is 0.242 e. The Hall–Kier alpha value is -2.18. The third-order valence-corrected chi connectivity index (χ3v) is 5.67. The van der Waals surface area contributed by atoms with E-state index in [1.807, 2.05) is 50.2 Å². The zero-order valence-corrected chi connectivity index (χ0v) is 18.6. The van der Waals surface area contributed by atoms with E-state index in [-0.39, 0.29) is 17.6 Å². The van der Waals surface area contributed by atoms with Crippen LogP contribution < -0.4 is 10.1 Å². The van der Waals surface area contributed by atoms with Crippen LogP contribution in [0.5, 0.6) is 5.75 Å². The van der Waals surface area contributed by atoms with Crippen LogP contribution in [0.2, 0.25) is 5.02 Å². The molecule has 0 saturated carbocycles. The molecule has 0 aliphatic carbocycles. The summed E-state index contributed by atoms with van der Waals surface area (Å²) in [6.07, 6.45) is 0.541. The third kappa shape index (κ3) is 6.98. The first kappa shape index (κ1) is 23.1. The number of halogens is 1. The lowest BCUT2D eigenvalue weighted by molar-refractivity contribution is -0.139. The van der Waals surface area contributed by atoms with Crippen LogP contribution in [0.25, 0.3) is 0 Å². The van der Waals surface area contributed by atoms with Crippen LogP contribution in [-0.2, 0) is 16.1 Å². The number of nitrogens with one attached hydrogen (secondary N) is 1. The lowest BCUT2D eigenvalue weighted by Gasteiger charge is -2.30. The molecule has 7 heteroatoms. The summed E-state index contributed by atoms with van der Waals surface area (Å²) < 4.78 is 5.20. The minimum atomic E-state index is -0.518. The summed E-state index contributed by atoms with van der Waals surface area (Å²) in [6, 6.07) is 14.4. The van der Waals surface area contributed by atoms with E-state index >= 15 is 0 Å². The number of nitrogens with zero attached hydrogens (tertiary/aromatic N) is 1. The summed E-state index contributed by atoms with van der Waals surface area (Å²) in [6.45, 7) is 4.68. The maximum Gasteiger partial charge on any atom is 0.242 e. The molecule has 1 atom stereocenters. The molecule has 5 nitrogen and oxygen atoms in total. The van der Waals surface area contributed by atoms with E-state index in [9.17, 15) is 9.59 Å². The number of methoxy groups -OCH3 is 1. The van der Waals surface area contributed by atoms with Gasteiger partial charge in [-0.05, 0) is 55.3 Å². The molecule has 2 rings (SSSR count). The number of hydrogen-bond donors (Lipinski definition) is 1. The Morgan fingerprint density at radius 3 is 2.31 bits per heavy atom. The van der Waals surface area contributed by atoms with Crippen LogP contribution >= 0.6 is 23.4 Å². The van der Waals surface area contributed by atoms with Gasteiger partial charge in [0.1, 0.15) is 11.8 Å². The van der Waals surface area contributed by atoms with Crippen molar-refractivity contribution >= 4 is 35.2 Å². The highest BCUT2D eigenvalue weighted by Crippen LogP contribution is 2.22. The zero-order valence-electron chi connectivity index (χ0n) is 17.0. The van der Waals surface area contributed by atoms with Crippen LogP contribution in [0.1, 0.15) is 25.8 Å². The number of carbonyl (C=O) groups is 2. The summed E-state index contributed by atoms with van der Waals surface area (Å²) in [5.41, 5.74) is 0.943. The van der Waals surface area contributed by atoms with E-state index in [4.69, 9.17) is 16.3 Å². The highest BCUT2D eigenvalue weighted by Gasteiger charge is 2.28. The van der Waals surface area contributed by atoms with Crippen molar-refractivity contribution in [3.8, 4) is 5.75 Å². The Balaban J connectivity index is 2.17. The van der Waals surface area contributed by atoms with Crippen LogP contribution in [0.4, 0.5) is 0 Å². The Morgan fingerprint density at radius 2 is 1.76 bits per heavy atom. The monoisotopic (exact) mass is 434 g/mol. The van der Waals surface area contributed by atoms with Gasteiger partial charge in [0, 0.05) is 23.0 Å². The van der Waals surface area contributed by atoms with Crippen LogP contribution in [-0.4, -0.2) is 42.2 Å². The first-order valence-electron chi connectivity index (χ1n) is 9.56. The first-order valence-corrected chi connectivity index (χ1v) is 10.9. The Kier molecular flexibility index (Phi) is 9.35. The fourth-order valence-corrected chi connectivity index (χ4v) is 3.81. The number of ether oxygens (including phenoxy) is 1. The number of rotatable bonds is 10. The van der Waals surface area contributed by atoms with Gasteiger partial charge >= 0.3 is 0 Å². The molecule has 0 aromatic heterocycles. The van der Waals surface area contributed by atoms with Crippen molar-refractivity contribution in [2.75, 3.05) is 19.4 Å². The van der Waals surface area contributed by atoms with Crippen molar-refractivity contribution in [2.24, 2.45) is 0 Å². The van der Waals surface area contributed by atoms with Crippen molar-refractivity contribution in [3.63, 3.8) is 0 Å². The van der Waals surface area contributed by atoms with Crippen molar-refractivity contribution in [2.45, 2.75) is 37.8 Å². The number of benzene rings is 2. The summed E-state index contributed by atoms with van der Waals surface area (Å²) in [4.78, 5) is 28.3. The molecule has 0 bridgehead atoms. The minimum Gasteiger partial charge on any atom is -0.497 e. The van der Waals surface area contributed by atoms with Gasteiger partial charge in [-0.15, -0.1) is 11.8 Å². The van der Waals surface area contributed by atoms with Crippen molar-refractivity contribution < 1.29 is 14.3 Å². The molecule has 0 saturated heterocycles. The van der Waals surface area contributed by atoms with Crippen molar-refractivity contribution in [1.82, 2.24) is 10.2 Å². The Morgan fingerprint density at radius 1 is 1.10 bits per heavy atom. The molecule has 156 valence electrons. The van der Waals surface area contributed by atoms with Crippen molar-refractivity contribution in [1.29, 1.82) is 0 Å². The molecule has 29 heavy (non-hydrogen) atoms. The molecule has 1 N–H and O–H groups in total. The summed E-state index contributed by atoms with van der Waals surface area (Å²) in [5, 5.41) is 3.50. The second kappa shape index (κ2) is 11.7. The molecule has 0 spiro atoms. The number of carbonyl (C=O) groups excluding carboxylic acids is 2. The number of likely N-dealkylation sites (N-methyl/N-ethyl adjacent to an activating group) is 1. The molecule has 1 unspecified atom stereocenters. The van der Waals surface area contributed by atoms with Gasteiger partial charge in [-0.2, -0.15) is 0 Å². The number of hydrogen-bond acceptors (Lipinski definition) is 4. The zero-order chi connectivity index (χ0) is 21.2. The quantitative estimate of drug-likeness (QED) is 0.563. The van der Waals surface area contributed by atoms with Gasteiger partial charge in [0.25, 0.3) is 0 Å². The van der Waals surface area contributed by atoms with Gasteiger partial charge in [0.15, 0.2) is 0 Å². The van der Waals surface area contributed by atoms with Gasteiger partial charge in [-0.3, -0.25) is 9.59 Å². The standard InChI is InChI=1S/C22H27ClN2O3S/c1-4-20(22(27)24-5-2)25(14-16-6-10-18(28-3)11-7-16)21(26)15-29-19-12-8-17(23)9-13-19/h6-13,20H,4-5,14-15H2,1-3H3,(H,24,27). The van der Waals surface area contributed by atoms with Crippen LogP contribution in [0.15, 0.2) is 53.4 Å². The Labute approximate surface area is 181 Å². The normalized spacial score (nSPS) is 11.6. The highest BCUT2D eigenvalue weighted by atomic mass is 35.5. The third-order valence-electron chi connectivity index (χ3n) is 4.42. The van der Waals surface area contributed by atoms with E-state index in [1.54, 1.807) is 24.1 Å². The van der Waals surface area contributed by atoms with E-state index < -0.39 is 6.04 Å². The average Bonchev–Trinajstić information content (AvgIpc) is 2.73. The van der Waals surface area contributed by atoms with Crippen molar-refractivity contribution in [3.05, 3.63) is 59.1 Å². The highest BCUT2D eigenvalue weighted by molar-refractivity contribution is 8.00. The second-order valence-electron chi connectivity index (χ2n) is 6.43. The fraction of sp³-hybridized carbons (Fsp3) is 0.364. The van der Waals surface area contributed by atoms with Gasteiger partial charge in [0.05, 0.1) is 12.9 Å². The van der Waals surface area contributed by atoms with E-state index in [1.165, 1.54) is 11.8 Å². The van der Waals surface area contributed by atoms with E-state index in [2.05, 4.69) is 5.32 Å². The Bertz CT molecular complexity index is 797. The lowest BCUT2D eigenvalue weighted by Crippen LogP contribution is -2.49. The molecule has 0 fully saturated rings. The predicted molar refractivity (Wildman–Crippen MR) is 118 cm³/mol. The molecular weight excluding hydrogens is 408 g/mol. The molecule has 2 aromatic carbocycles. The molecular formula is C22H27ClN2O3S. The first-order chi connectivity index (χ1) is 14.0. The largest absolute Gasteiger partial charge is 0.497 e. The summed E-state index contributed by atoms with van der Waals surface area (Å²) in [5.74, 6) is 0.779. The topological polar surface area (TPSA) is 58.6 Å². The van der Waals surface area contributed by atoms with Gasteiger partial charge in [-0.1, -0.05) is 30.7 Å². The molecule has 2 aromatic rings. The minimum absolute atomic E-state index is 0.0844. The summed E-state index contributed by atoms with van der Waals surface area (Å²) in [7, 11) is 1.61. The van der Waals surface area contributed by atoms with E-state index in [0.29, 0.717) is 24.5 Å². The van der Waals surface area contributed by atoms with Crippen LogP contribution in [0.3, 0.4) is 0 Å². The lowest BCUT2D eigenvalue weighted by atomic mass is 10.1. The number of amides is 2. The second-order valence-corrected chi connectivity index (χ2v) is 7.92. The van der Waals surface area contributed by atoms with Gasteiger partial charge in [-0.25, -0.2) is 0 Å². The molecule has 0 heterocycles. The molecule has 0 aliphatic rings. The number of thioether (sulfide) groups is 1. The van der Waals surface area contributed by atoms with E-state index in [0.717, 1.165) is 16.2 Å². The predicted octanol–water partition coefficient (Wildman–Crippen LogP) is 4.38. The maximum atomic E-state index is 13.1. The maximum absolute atomic E-state index is 13.1. The van der Waals surface area contributed by atoms with Gasteiger partial charge in [0.2, 0.25) is 11.8 Å².